The first-order valence-electron chi connectivity index (χ1n) is 4.56. The SMILES string of the molecule is CC=C(CC)OCC(C)(O)CC. The Labute approximate surface area is 75.2 Å². The highest BCUT2D eigenvalue weighted by molar-refractivity contribution is 4.89. The van der Waals surface area contributed by atoms with Crippen LogP contribution in [0.4, 0.5) is 0 Å². The Morgan fingerprint density at radius 2 is 2.08 bits per heavy atom. The van der Waals surface area contributed by atoms with Crippen LogP contribution in [0.25, 0.3) is 0 Å². The van der Waals surface area contributed by atoms with Crippen LogP contribution >= 0.6 is 0 Å². The second-order valence-electron chi connectivity index (χ2n) is 3.25. The van der Waals surface area contributed by atoms with Crippen molar-refractivity contribution in [3.63, 3.8) is 0 Å². The molecule has 1 N–H and O–H groups in total. The molecule has 72 valence electrons. The van der Waals surface area contributed by atoms with Crippen molar-refractivity contribution < 1.29 is 9.84 Å². The van der Waals surface area contributed by atoms with Gasteiger partial charge in [0.05, 0.1) is 11.4 Å². The van der Waals surface area contributed by atoms with E-state index in [4.69, 9.17) is 4.74 Å². The molecule has 0 aliphatic heterocycles. The van der Waals surface area contributed by atoms with Crippen LogP contribution in [0.2, 0.25) is 0 Å². The summed E-state index contributed by atoms with van der Waals surface area (Å²) >= 11 is 0. The van der Waals surface area contributed by atoms with Gasteiger partial charge in [0, 0.05) is 6.42 Å². The zero-order valence-electron chi connectivity index (χ0n) is 8.55. The first kappa shape index (κ1) is 11.5. The van der Waals surface area contributed by atoms with Gasteiger partial charge in [-0.05, 0) is 26.3 Å². The van der Waals surface area contributed by atoms with Gasteiger partial charge < -0.3 is 9.84 Å². The molecule has 0 aliphatic carbocycles. The van der Waals surface area contributed by atoms with Gasteiger partial charge in [-0.3, -0.25) is 0 Å². The molecule has 0 aromatic rings. The molecule has 0 radical (unpaired) electrons. The van der Waals surface area contributed by atoms with Crippen molar-refractivity contribution in [2.45, 2.75) is 46.1 Å². The molecule has 0 fully saturated rings. The van der Waals surface area contributed by atoms with E-state index in [-0.39, 0.29) is 0 Å². The number of aliphatic hydroxyl groups is 1. The van der Waals surface area contributed by atoms with E-state index in [1.807, 2.05) is 26.8 Å². The molecule has 0 saturated carbocycles. The van der Waals surface area contributed by atoms with Gasteiger partial charge in [0.2, 0.25) is 0 Å². The maximum atomic E-state index is 9.61. The third-order valence-electron chi connectivity index (χ3n) is 2.00. The minimum atomic E-state index is -0.691. The minimum Gasteiger partial charge on any atom is -0.495 e. The largest absolute Gasteiger partial charge is 0.495 e. The van der Waals surface area contributed by atoms with E-state index >= 15 is 0 Å². The van der Waals surface area contributed by atoms with Crippen molar-refractivity contribution in [1.82, 2.24) is 0 Å². The van der Waals surface area contributed by atoms with Crippen molar-refractivity contribution in [2.24, 2.45) is 0 Å². The summed E-state index contributed by atoms with van der Waals surface area (Å²) in [5.41, 5.74) is -0.691. The maximum Gasteiger partial charge on any atom is 0.116 e. The van der Waals surface area contributed by atoms with Gasteiger partial charge in [0.25, 0.3) is 0 Å². The Balaban J connectivity index is 3.81. The normalized spacial score (nSPS) is 17.2. The van der Waals surface area contributed by atoms with Crippen LogP contribution in [0, 0.1) is 0 Å². The lowest BCUT2D eigenvalue weighted by atomic mass is 10.1. The molecule has 1 unspecified atom stereocenters. The van der Waals surface area contributed by atoms with Crippen LogP contribution in [-0.2, 0) is 4.74 Å². The van der Waals surface area contributed by atoms with E-state index in [9.17, 15) is 5.11 Å². The standard InChI is InChI=1S/C10H20O2/c1-5-9(6-2)12-8-10(4,11)7-3/h5,11H,6-8H2,1-4H3. The van der Waals surface area contributed by atoms with E-state index in [1.165, 1.54) is 0 Å². The van der Waals surface area contributed by atoms with Crippen molar-refractivity contribution in [2.75, 3.05) is 6.61 Å². The van der Waals surface area contributed by atoms with Gasteiger partial charge in [-0.2, -0.15) is 0 Å². The average molecular weight is 172 g/mol. The fourth-order valence-electron chi connectivity index (χ4n) is 0.740. The second-order valence-corrected chi connectivity index (χ2v) is 3.25. The van der Waals surface area contributed by atoms with E-state index in [1.54, 1.807) is 6.92 Å². The smallest absolute Gasteiger partial charge is 0.116 e. The Bertz CT molecular complexity index is 148. The number of hydrogen-bond acceptors (Lipinski definition) is 2. The van der Waals surface area contributed by atoms with Gasteiger partial charge in [-0.25, -0.2) is 0 Å². The molecule has 12 heavy (non-hydrogen) atoms. The van der Waals surface area contributed by atoms with Crippen molar-refractivity contribution in [3.05, 3.63) is 11.8 Å². The molecule has 1 atom stereocenters. The predicted octanol–water partition coefficient (Wildman–Crippen LogP) is 2.48. The highest BCUT2D eigenvalue weighted by Crippen LogP contribution is 2.12. The summed E-state index contributed by atoms with van der Waals surface area (Å²) in [5.74, 6) is 0.948. The van der Waals surface area contributed by atoms with Crippen molar-refractivity contribution >= 4 is 0 Å². The predicted molar refractivity (Wildman–Crippen MR) is 50.9 cm³/mol. The number of allylic oxidation sites excluding steroid dienone is 2. The van der Waals surface area contributed by atoms with Crippen LogP contribution < -0.4 is 0 Å². The van der Waals surface area contributed by atoms with Gasteiger partial charge in [0.1, 0.15) is 6.61 Å². The van der Waals surface area contributed by atoms with Crippen molar-refractivity contribution in [3.8, 4) is 0 Å². The zero-order chi connectivity index (χ0) is 9.61. The van der Waals surface area contributed by atoms with Crippen LogP contribution in [0.5, 0.6) is 0 Å². The molecule has 0 saturated heterocycles. The average Bonchev–Trinajstić information content (AvgIpc) is 2.06. The van der Waals surface area contributed by atoms with Gasteiger partial charge in [0.15, 0.2) is 0 Å². The lowest BCUT2D eigenvalue weighted by molar-refractivity contribution is -0.0159. The Morgan fingerprint density at radius 3 is 2.42 bits per heavy atom. The molecule has 0 bridgehead atoms. The summed E-state index contributed by atoms with van der Waals surface area (Å²) in [6.07, 6.45) is 3.54. The fraction of sp³-hybridized carbons (Fsp3) is 0.800. The Morgan fingerprint density at radius 1 is 1.50 bits per heavy atom. The van der Waals surface area contributed by atoms with Crippen molar-refractivity contribution in [1.29, 1.82) is 0 Å². The summed E-state index contributed by atoms with van der Waals surface area (Å²) in [4.78, 5) is 0. The van der Waals surface area contributed by atoms with Crippen LogP contribution in [-0.4, -0.2) is 17.3 Å². The van der Waals surface area contributed by atoms with Gasteiger partial charge in [-0.1, -0.05) is 13.8 Å². The third kappa shape index (κ3) is 4.39. The van der Waals surface area contributed by atoms with Crippen LogP contribution in [0.1, 0.15) is 40.5 Å². The van der Waals surface area contributed by atoms with Gasteiger partial charge in [-0.15, -0.1) is 0 Å². The lowest BCUT2D eigenvalue weighted by Crippen LogP contribution is -2.29. The lowest BCUT2D eigenvalue weighted by Gasteiger charge is -2.22. The fourth-order valence-corrected chi connectivity index (χ4v) is 0.740. The van der Waals surface area contributed by atoms with Crippen LogP contribution in [0.15, 0.2) is 11.8 Å². The minimum absolute atomic E-state index is 0.386. The summed E-state index contributed by atoms with van der Waals surface area (Å²) in [7, 11) is 0. The number of hydrogen-bond donors (Lipinski definition) is 1. The molecule has 0 aliphatic rings. The first-order chi connectivity index (χ1) is 5.55. The summed E-state index contributed by atoms with van der Waals surface area (Å²) < 4.78 is 5.41. The third-order valence-corrected chi connectivity index (χ3v) is 2.00. The summed E-state index contributed by atoms with van der Waals surface area (Å²) in [5, 5.41) is 9.61. The van der Waals surface area contributed by atoms with E-state index in [0.29, 0.717) is 13.0 Å². The van der Waals surface area contributed by atoms with E-state index in [0.717, 1.165) is 12.2 Å². The molecule has 0 aromatic heterocycles. The Kier molecular flexibility index (Phi) is 4.98. The molecular formula is C10H20O2. The highest BCUT2D eigenvalue weighted by atomic mass is 16.5. The first-order valence-corrected chi connectivity index (χ1v) is 4.56. The molecule has 0 amide bonds. The molecule has 0 rings (SSSR count). The molecule has 0 heterocycles. The molecule has 2 heteroatoms. The maximum absolute atomic E-state index is 9.61. The molecular weight excluding hydrogens is 152 g/mol. The molecule has 2 nitrogen and oxygen atoms in total. The van der Waals surface area contributed by atoms with E-state index in [2.05, 4.69) is 0 Å². The zero-order valence-corrected chi connectivity index (χ0v) is 8.55. The Hall–Kier alpha value is -0.500. The number of rotatable bonds is 5. The second kappa shape index (κ2) is 5.20. The topological polar surface area (TPSA) is 29.5 Å². The molecule has 0 spiro atoms. The highest BCUT2D eigenvalue weighted by Gasteiger charge is 2.18. The number of ether oxygens (including phenoxy) is 1. The quantitative estimate of drug-likeness (QED) is 0.645. The van der Waals surface area contributed by atoms with E-state index < -0.39 is 5.60 Å². The van der Waals surface area contributed by atoms with Crippen LogP contribution in [0.3, 0.4) is 0 Å². The summed E-state index contributed by atoms with van der Waals surface area (Å²) in [6.45, 7) is 8.10. The van der Waals surface area contributed by atoms with Gasteiger partial charge >= 0.3 is 0 Å². The monoisotopic (exact) mass is 172 g/mol. The molecule has 0 aromatic carbocycles. The summed E-state index contributed by atoms with van der Waals surface area (Å²) in [6, 6.07) is 0.